The van der Waals surface area contributed by atoms with Crippen LogP contribution in [0.15, 0.2) is 110 Å². The molecule has 0 saturated carbocycles. The molecule has 0 spiro atoms. The van der Waals surface area contributed by atoms with Crippen molar-refractivity contribution in [2.45, 2.75) is 56.7 Å². The monoisotopic (exact) mass is 866 g/mol. The molecule has 4 aliphatic rings. The van der Waals surface area contributed by atoms with E-state index in [0.717, 1.165) is 90.3 Å². The molecule has 5 atom stereocenters. The third-order valence-electron chi connectivity index (χ3n) is 11.8. The van der Waals surface area contributed by atoms with E-state index in [1.807, 2.05) is 60.7 Å². The molecule has 6 aromatic rings. The highest BCUT2D eigenvalue weighted by atomic mass is 16.6. The summed E-state index contributed by atoms with van der Waals surface area (Å²) in [5, 5.41) is 15.1. The van der Waals surface area contributed by atoms with Crippen LogP contribution in [-0.4, -0.2) is 102 Å². The Morgan fingerprint density at radius 1 is 0.562 bits per heavy atom. The van der Waals surface area contributed by atoms with Crippen LogP contribution >= 0.6 is 0 Å². The van der Waals surface area contributed by atoms with E-state index in [4.69, 9.17) is 47.4 Å². The van der Waals surface area contributed by atoms with Crippen molar-refractivity contribution in [3.05, 3.63) is 143 Å². The van der Waals surface area contributed by atoms with Gasteiger partial charge in [-0.25, -0.2) is 0 Å². The highest BCUT2D eigenvalue weighted by molar-refractivity contribution is 5.90. The van der Waals surface area contributed by atoms with Gasteiger partial charge in [0.25, 0.3) is 0 Å². The highest BCUT2D eigenvalue weighted by Crippen LogP contribution is 2.40. The molecule has 4 aliphatic heterocycles. The van der Waals surface area contributed by atoms with Gasteiger partial charge in [-0.1, -0.05) is 66.2 Å². The van der Waals surface area contributed by atoms with Crippen molar-refractivity contribution >= 4 is 21.5 Å². The number of epoxide rings is 4. The predicted octanol–water partition coefficient (Wildman–Crippen LogP) is 8.14. The number of rotatable bonds is 24. The molecule has 5 unspecified atom stereocenters. The lowest BCUT2D eigenvalue weighted by atomic mass is 9.91. The summed E-state index contributed by atoms with van der Waals surface area (Å²) in [7, 11) is 0. The summed E-state index contributed by atoms with van der Waals surface area (Å²) >= 11 is 0. The molecule has 11 nitrogen and oxygen atoms in total. The molecule has 64 heavy (non-hydrogen) atoms. The highest BCUT2D eigenvalue weighted by Gasteiger charge is 2.28. The Hall–Kier alpha value is -5.82. The van der Waals surface area contributed by atoms with Gasteiger partial charge in [-0.3, -0.25) is 0 Å². The van der Waals surface area contributed by atoms with E-state index in [1.54, 1.807) is 0 Å². The first-order valence-corrected chi connectivity index (χ1v) is 22.3. The fraction of sp³-hybridized carbons (Fsp3) is 0.358. The molecule has 4 heterocycles. The van der Waals surface area contributed by atoms with Crippen molar-refractivity contribution in [3.8, 4) is 34.5 Å². The number of fused-ring (bicyclic) bond motifs is 2. The third kappa shape index (κ3) is 10.7. The number of aliphatic hydroxyl groups is 1. The molecule has 4 fully saturated rings. The molecule has 1 N–H and O–H groups in total. The lowest BCUT2D eigenvalue weighted by Gasteiger charge is -2.21. The average Bonchev–Trinajstić information content (AvgIpc) is 4.07. The van der Waals surface area contributed by atoms with Crippen LogP contribution < -0.4 is 28.4 Å². The first kappa shape index (κ1) is 42.1. The molecule has 0 aromatic heterocycles. The van der Waals surface area contributed by atoms with E-state index in [2.05, 4.69) is 56.0 Å². The van der Waals surface area contributed by atoms with Gasteiger partial charge in [0.05, 0.1) is 26.4 Å². The summed E-state index contributed by atoms with van der Waals surface area (Å²) in [5.74, 6) is 4.52. The van der Waals surface area contributed by atoms with Crippen molar-refractivity contribution in [1.29, 1.82) is 0 Å². The van der Waals surface area contributed by atoms with Gasteiger partial charge < -0.3 is 52.5 Å². The second-order valence-electron chi connectivity index (χ2n) is 17.1. The standard InChI is InChI=1S/C53H54O11/c1-3-6-36-7-4-5-8-50(36)61-24-39(54)23-55-40-13-9-34-11-15-51(62-30-43-27-58-43)48(46(34)21-40)19-37-17-33(2)18-38(53(37)64-32-45-29-60-45)20-49-47-22-41(56-25-42-26-57-42)14-10-35(47)12-16-52(49)63-31-44-28-59-44/h3-5,7-18,21-22,39,42-45,54H,1,6,19-20,23-32H2,2H3. The Labute approximate surface area is 373 Å². The predicted molar refractivity (Wildman–Crippen MR) is 243 cm³/mol. The zero-order valence-corrected chi connectivity index (χ0v) is 36.1. The molecular weight excluding hydrogens is 813 g/mol. The minimum Gasteiger partial charge on any atom is -0.491 e. The Balaban J connectivity index is 0.975. The lowest BCUT2D eigenvalue weighted by Crippen LogP contribution is -2.25. The van der Waals surface area contributed by atoms with Crippen molar-refractivity contribution < 1.29 is 52.5 Å². The molecule has 6 aromatic carbocycles. The quantitative estimate of drug-likeness (QED) is 0.0468. The fourth-order valence-electron chi connectivity index (χ4n) is 8.04. The van der Waals surface area contributed by atoms with Crippen LogP contribution in [-0.2, 0) is 38.2 Å². The van der Waals surface area contributed by atoms with Crippen LogP contribution in [0.3, 0.4) is 0 Å². The Bertz CT molecular complexity index is 2600. The van der Waals surface area contributed by atoms with Crippen LogP contribution in [0.1, 0.15) is 33.4 Å². The maximum absolute atomic E-state index is 11.0. The summed E-state index contributed by atoms with van der Waals surface area (Å²) in [6, 6.07) is 32.7. The van der Waals surface area contributed by atoms with E-state index in [1.165, 1.54) is 0 Å². The summed E-state index contributed by atoms with van der Waals surface area (Å²) in [6.45, 7) is 10.8. The van der Waals surface area contributed by atoms with E-state index in [0.29, 0.717) is 71.3 Å². The minimum atomic E-state index is -0.854. The van der Waals surface area contributed by atoms with E-state index in [9.17, 15) is 5.11 Å². The number of allylic oxidation sites excluding steroid dienone is 1. The van der Waals surface area contributed by atoms with Gasteiger partial charge in [0, 0.05) is 24.0 Å². The summed E-state index contributed by atoms with van der Waals surface area (Å²) in [4.78, 5) is 0. The molecule has 332 valence electrons. The second kappa shape index (κ2) is 19.1. The summed E-state index contributed by atoms with van der Waals surface area (Å²) < 4.78 is 60.4. The largest absolute Gasteiger partial charge is 0.491 e. The average molecular weight is 867 g/mol. The third-order valence-corrected chi connectivity index (χ3v) is 11.8. The van der Waals surface area contributed by atoms with Crippen LogP contribution in [0.25, 0.3) is 21.5 Å². The smallest absolute Gasteiger partial charge is 0.126 e. The second-order valence-corrected chi connectivity index (χ2v) is 17.1. The van der Waals surface area contributed by atoms with E-state index >= 15 is 0 Å². The van der Waals surface area contributed by atoms with E-state index < -0.39 is 6.10 Å². The molecular formula is C53H54O11. The van der Waals surface area contributed by atoms with Crippen molar-refractivity contribution in [2.24, 2.45) is 0 Å². The van der Waals surface area contributed by atoms with Gasteiger partial charge in [0.1, 0.15) is 105 Å². The van der Waals surface area contributed by atoms with Gasteiger partial charge in [0.2, 0.25) is 0 Å². The number of aryl methyl sites for hydroxylation is 1. The van der Waals surface area contributed by atoms with Crippen molar-refractivity contribution in [2.75, 3.05) is 66.1 Å². The molecule has 0 radical (unpaired) electrons. The number of para-hydroxylation sites is 1. The first-order valence-electron chi connectivity index (χ1n) is 22.3. The number of benzene rings is 6. The summed E-state index contributed by atoms with van der Waals surface area (Å²) in [6.07, 6.45) is 3.09. The SMILES string of the molecule is C=CCc1ccccc1OCC(O)COc1ccc2ccc(OCC3CO3)c(Cc3cc(C)cc(Cc4c(OCC5CO5)ccc5ccc(OCC6CO6)cc45)c3OCC3CO3)c2c1. The topological polar surface area (TPSA) is 126 Å². The van der Waals surface area contributed by atoms with Crippen molar-refractivity contribution in [1.82, 2.24) is 0 Å². The van der Waals surface area contributed by atoms with Gasteiger partial charge >= 0.3 is 0 Å². The summed E-state index contributed by atoms with van der Waals surface area (Å²) in [5.41, 5.74) is 6.22. The molecule has 4 saturated heterocycles. The molecule has 0 amide bonds. The normalized spacial score (nSPS) is 19.8. The van der Waals surface area contributed by atoms with Gasteiger partial charge in [0.15, 0.2) is 0 Å². The number of hydrogen-bond acceptors (Lipinski definition) is 11. The first-order chi connectivity index (χ1) is 31.4. The maximum atomic E-state index is 11.0. The van der Waals surface area contributed by atoms with Crippen LogP contribution in [0.5, 0.6) is 34.5 Å². The van der Waals surface area contributed by atoms with Crippen molar-refractivity contribution in [3.63, 3.8) is 0 Å². The zero-order valence-electron chi connectivity index (χ0n) is 36.1. The van der Waals surface area contributed by atoms with Gasteiger partial charge in [-0.15, -0.1) is 6.58 Å². The van der Waals surface area contributed by atoms with Gasteiger partial charge in [-0.2, -0.15) is 0 Å². The zero-order chi connectivity index (χ0) is 43.4. The number of aliphatic hydroxyl groups excluding tert-OH is 1. The van der Waals surface area contributed by atoms with Crippen LogP contribution in [0.4, 0.5) is 0 Å². The molecule has 0 bridgehead atoms. The maximum Gasteiger partial charge on any atom is 0.126 e. The number of ether oxygens (including phenoxy) is 10. The number of hydrogen-bond donors (Lipinski definition) is 1. The minimum absolute atomic E-state index is 0.0458. The molecule has 0 aliphatic carbocycles. The van der Waals surface area contributed by atoms with Gasteiger partial charge in [-0.05, 0) is 94.0 Å². The fourth-order valence-corrected chi connectivity index (χ4v) is 8.04. The van der Waals surface area contributed by atoms with Crippen LogP contribution in [0, 0.1) is 6.92 Å². The Morgan fingerprint density at radius 2 is 1.05 bits per heavy atom. The Kier molecular flexibility index (Phi) is 12.6. The molecule has 11 heteroatoms. The molecule has 10 rings (SSSR count). The lowest BCUT2D eigenvalue weighted by molar-refractivity contribution is 0.0624. The Morgan fingerprint density at radius 3 is 1.59 bits per heavy atom. The van der Waals surface area contributed by atoms with Crippen LogP contribution in [0.2, 0.25) is 0 Å². The van der Waals surface area contributed by atoms with E-state index in [-0.39, 0.29) is 37.6 Å².